The monoisotopic (exact) mass is 251 g/mol. The number of hydrogen-bond acceptors (Lipinski definition) is 3. The van der Waals surface area contributed by atoms with E-state index in [0.29, 0.717) is 5.92 Å². The Kier molecular flexibility index (Phi) is 6.58. The minimum Gasteiger partial charge on any atom is -0.497 e. The second-order valence-electron chi connectivity index (χ2n) is 4.78. The average molecular weight is 251 g/mol. The summed E-state index contributed by atoms with van der Waals surface area (Å²) in [6.07, 6.45) is 1.33. The summed E-state index contributed by atoms with van der Waals surface area (Å²) in [5.41, 5.74) is 0. The summed E-state index contributed by atoms with van der Waals surface area (Å²) in [6.45, 7) is 8.44. The SMILES string of the molecule is CCCNCC(Oc1cccc(OC)c1)C(C)C. The van der Waals surface area contributed by atoms with Crippen molar-refractivity contribution in [2.24, 2.45) is 5.92 Å². The van der Waals surface area contributed by atoms with Gasteiger partial charge in [-0.05, 0) is 31.0 Å². The standard InChI is InChI=1S/C15H25NO2/c1-5-9-16-11-15(12(2)3)18-14-8-6-7-13(10-14)17-4/h6-8,10,12,15-16H,5,9,11H2,1-4H3. The van der Waals surface area contributed by atoms with Crippen LogP contribution in [0.15, 0.2) is 24.3 Å². The highest BCUT2D eigenvalue weighted by molar-refractivity contribution is 5.33. The van der Waals surface area contributed by atoms with E-state index in [1.165, 1.54) is 0 Å². The molecule has 0 bridgehead atoms. The zero-order valence-electron chi connectivity index (χ0n) is 11.9. The quantitative estimate of drug-likeness (QED) is 0.720. The van der Waals surface area contributed by atoms with E-state index >= 15 is 0 Å². The summed E-state index contributed by atoms with van der Waals surface area (Å²) < 4.78 is 11.2. The Morgan fingerprint density at radius 1 is 1.22 bits per heavy atom. The summed E-state index contributed by atoms with van der Waals surface area (Å²) in [7, 11) is 1.67. The van der Waals surface area contributed by atoms with E-state index < -0.39 is 0 Å². The third-order valence-corrected chi connectivity index (χ3v) is 2.84. The van der Waals surface area contributed by atoms with Gasteiger partial charge in [0.2, 0.25) is 0 Å². The van der Waals surface area contributed by atoms with Crippen LogP contribution < -0.4 is 14.8 Å². The average Bonchev–Trinajstić information content (AvgIpc) is 2.38. The summed E-state index contributed by atoms with van der Waals surface area (Å²) >= 11 is 0. The van der Waals surface area contributed by atoms with E-state index in [1.807, 2.05) is 24.3 Å². The second kappa shape index (κ2) is 7.98. The molecule has 0 heterocycles. The molecule has 0 fully saturated rings. The van der Waals surface area contributed by atoms with Gasteiger partial charge in [0.25, 0.3) is 0 Å². The lowest BCUT2D eigenvalue weighted by atomic mass is 10.1. The minimum absolute atomic E-state index is 0.184. The molecule has 0 aliphatic heterocycles. The Morgan fingerprint density at radius 3 is 2.56 bits per heavy atom. The maximum Gasteiger partial charge on any atom is 0.123 e. The van der Waals surface area contributed by atoms with Gasteiger partial charge in [-0.25, -0.2) is 0 Å². The molecule has 3 nitrogen and oxygen atoms in total. The zero-order valence-corrected chi connectivity index (χ0v) is 11.9. The molecule has 0 aliphatic carbocycles. The van der Waals surface area contributed by atoms with Crippen LogP contribution in [0.4, 0.5) is 0 Å². The molecule has 0 amide bonds. The van der Waals surface area contributed by atoms with Gasteiger partial charge in [-0.3, -0.25) is 0 Å². The maximum atomic E-state index is 6.02. The lowest BCUT2D eigenvalue weighted by molar-refractivity contribution is 0.148. The molecular weight excluding hydrogens is 226 g/mol. The summed E-state index contributed by atoms with van der Waals surface area (Å²) in [6, 6.07) is 7.77. The molecule has 0 aromatic heterocycles. The summed E-state index contributed by atoms with van der Waals surface area (Å²) in [5.74, 6) is 2.17. The number of hydrogen-bond donors (Lipinski definition) is 1. The summed E-state index contributed by atoms with van der Waals surface area (Å²) in [4.78, 5) is 0. The Labute approximate surface area is 110 Å². The smallest absolute Gasteiger partial charge is 0.123 e. The topological polar surface area (TPSA) is 30.5 Å². The van der Waals surface area contributed by atoms with Crippen LogP contribution in [0.25, 0.3) is 0 Å². The molecule has 0 spiro atoms. The Hall–Kier alpha value is -1.22. The maximum absolute atomic E-state index is 6.02. The number of rotatable bonds is 8. The fraction of sp³-hybridized carbons (Fsp3) is 0.600. The molecule has 1 aromatic carbocycles. The fourth-order valence-corrected chi connectivity index (χ4v) is 1.68. The molecule has 1 rings (SSSR count). The zero-order chi connectivity index (χ0) is 13.4. The summed E-state index contributed by atoms with van der Waals surface area (Å²) in [5, 5.41) is 3.41. The van der Waals surface area contributed by atoms with Crippen LogP contribution in [-0.4, -0.2) is 26.3 Å². The highest BCUT2D eigenvalue weighted by atomic mass is 16.5. The third-order valence-electron chi connectivity index (χ3n) is 2.84. The van der Waals surface area contributed by atoms with Crippen LogP contribution in [0.5, 0.6) is 11.5 Å². The van der Waals surface area contributed by atoms with E-state index in [-0.39, 0.29) is 6.10 Å². The van der Waals surface area contributed by atoms with Gasteiger partial charge in [0.05, 0.1) is 7.11 Å². The molecule has 1 atom stereocenters. The van der Waals surface area contributed by atoms with Crippen LogP contribution in [-0.2, 0) is 0 Å². The third kappa shape index (κ3) is 4.96. The Balaban J connectivity index is 2.58. The van der Waals surface area contributed by atoms with Crippen LogP contribution in [0.1, 0.15) is 27.2 Å². The van der Waals surface area contributed by atoms with Crippen molar-refractivity contribution in [1.82, 2.24) is 5.32 Å². The lowest BCUT2D eigenvalue weighted by Gasteiger charge is -2.23. The largest absolute Gasteiger partial charge is 0.497 e. The van der Waals surface area contributed by atoms with Crippen molar-refractivity contribution in [1.29, 1.82) is 0 Å². The first-order chi connectivity index (χ1) is 8.67. The minimum atomic E-state index is 0.184. The molecule has 1 aromatic rings. The second-order valence-corrected chi connectivity index (χ2v) is 4.78. The Morgan fingerprint density at radius 2 is 1.94 bits per heavy atom. The molecule has 102 valence electrons. The highest BCUT2D eigenvalue weighted by Crippen LogP contribution is 2.21. The molecular formula is C15H25NO2. The molecule has 18 heavy (non-hydrogen) atoms. The van der Waals surface area contributed by atoms with Gasteiger partial charge in [0.1, 0.15) is 17.6 Å². The van der Waals surface area contributed by atoms with Crippen LogP contribution >= 0.6 is 0 Å². The van der Waals surface area contributed by atoms with Crippen molar-refractivity contribution in [3.8, 4) is 11.5 Å². The molecule has 0 radical (unpaired) electrons. The van der Waals surface area contributed by atoms with Gasteiger partial charge in [0, 0.05) is 12.6 Å². The molecule has 0 saturated heterocycles. The Bertz CT molecular complexity index is 339. The van der Waals surface area contributed by atoms with Crippen molar-refractivity contribution >= 4 is 0 Å². The van der Waals surface area contributed by atoms with E-state index in [0.717, 1.165) is 31.0 Å². The number of ether oxygens (including phenoxy) is 2. The van der Waals surface area contributed by atoms with Crippen molar-refractivity contribution in [2.75, 3.05) is 20.2 Å². The van der Waals surface area contributed by atoms with E-state index in [4.69, 9.17) is 9.47 Å². The molecule has 0 aliphatic rings. The van der Waals surface area contributed by atoms with E-state index in [9.17, 15) is 0 Å². The van der Waals surface area contributed by atoms with E-state index in [2.05, 4.69) is 26.1 Å². The molecule has 1 unspecified atom stereocenters. The predicted octanol–water partition coefficient (Wildman–Crippen LogP) is 3.10. The first-order valence-electron chi connectivity index (χ1n) is 6.68. The van der Waals surface area contributed by atoms with Crippen LogP contribution in [0, 0.1) is 5.92 Å². The van der Waals surface area contributed by atoms with Gasteiger partial charge >= 0.3 is 0 Å². The van der Waals surface area contributed by atoms with Crippen LogP contribution in [0.3, 0.4) is 0 Å². The fourth-order valence-electron chi connectivity index (χ4n) is 1.68. The van der Waals surface area contributed by atoms with Gasteiger partial charge in [-0.2, -0.15) is 0 Å². The number of benzene rings is 1. The van der Waals surface area contributed by atoms with Crippen LogP contribution in [0.2, 0.25) is 0 Å². The number of nitrogens with one attached hydrogen (secondary N) is 1. The van der Waals surface area contributed by atoms with Gasteiger partial charge in [0.15, 0.2) is 0 Å². The lowest BCUT2D eigenvalue weighted by Crippen LogP contribution is -2.35. The van der Waals surface area contributed by atoms with Crippen molar-refractivity contribution < 1.29 is 9.47 Å². The van der Waals surface area contributed by atoms with Crippen molar-refractivity contribution in [3.63, 3.8) is 0 Å². The van der Waals surface area contributed by atoms with Crippen molar-refractivity contribution in [2.45, 2.75) is 33.3 Å². The predicted molar refractivity (Wildman–Crippen MR) is 75.4 cm³/mol. The highest BCUT2D eigenvalue weighted by Gasteiger charge is 2.14. The first kappa shape index (κ1) is 14.8. The normalized spacial score (nSPS) is 12.5. The first-order valence-corrected chi connectivity index (χ1v) is 6.68. The molecule has 0 saturated carbocycles. The van der Waals surface area contributed by atoms with Gasteiger partial charge in [-0.1, -0.05) is 26.8 Å². The van der Waals surface area contributed by atoms with Crippen molar-refractivity contribution in [3.05, 3.63) is 24.3 Å². The number of methoxy groups -OCH3 is 1. The molecule has 3 heteroatoms. The molecule has 1 N–H and O–H groups in total. The van der Waals surface area contributed by atoms with Gasteiger partial charge < -0.3 is 14.8 Å². The van der Waals surface area contributed by atoms with E-state index in [1.54, 1.807) is 7.11 Å². The van der Waals surface area contributed by atoms with Gasteiger partial charge in [-0.15, -0.1) is 0 Å².